The summed E-state index contributed by atoms with van der Waals surface area (Å²) in [7, 11) is -8.58. The average molecular weight is 560 g/mol. The molecule has 2 aromatic carbocycles. The Morgan fingerprint density at radius 3 is 1.00 bits per heavy atom. The topological polar surface area (TPSA) is 114 Å². The van der Waals surface area contributed by atoms with Crippen LogP contribution in [-0.2, 0) is 20.2 Å². The molecule has 0 N–H and O–H groups in total. The van der Waals surface area contributed by atoms with Crippen LogP contribution in [0.25, 0.3) is 0 Å². The van der Waals surface area contributed by atoms with Crippen LogP contribution in [0.4, 0.5) is 0 Å². The van der Waals surface area contributed by atoms with Crippen LogP contribution < -0.4 is 0 Å². The molecule has 0 aliphatic rings. The largest absolute Gasteiger partial charge is 2.00 e. The van der Waals surface area contributed by atoms with Gasteiger partial charge in [-0.25, -0.2) is 16.8 Å². The summed E-state index contributed by atoms with van der Waals surface area (Å²) in [5.41, 5.74) is 0. The van der Waals surface area contributed by atoms with Crippen LogP contribution in [0.2, 0.25) is 0 Å². The van der Waals surface area contributed by atoms with E-state index in [1.165, 1.54) is 48.5 Å². The maximum atomic E-state index is 10.4. The standard InChI is InChI=1S/2C6H5BrO3S.Sr/c2*7-5-1-3-6(4-2-5)11(8,9)10;/h2*1-4H,(H,8,9,10);/q;;+2/p-2. The van der Waals surface area contributed by atoms with Crippen molar-refractivity contribution in [2.75, 3.05) is 0 Å². The number of benzene rings is 2. The molecule has 2 aromatic rings. The molecule has 23 heavy (non-hydrogen) atoms. The van der Waals surface area contributed by atoms with Gasteiger partial charge in [0.2, 0.25) is 0 Å². The second kappa shape index (κ2) is 10.00. The third-order valence-electron chi connectivity index (χ3n) is 2.20. The van der Waals surface area contributed by atoms with E-state index in [9.17, 15) is 25.9 Å². The normalized spacial score (nSPS) is 11.0. The van der Waals surface area contributed by atoms with Gasteiger partial charge in [-0.2, -0.15) is 0 Å². The van der Waals surface area contributed by atoms with Gasteiger partial charge in [0.1, 0.15) is 20.2 Å². The molecule has 0 spiro atoms. The first-order valence-corrected chi connectivity index (χ1v) is 9.83. The van der Waals surface area contributed by atoms with Crippen molar-refractivity contribution < 1.29 is 25.9 Å². The van der Waals surface area contributed by atoms with Gasteiger partial charge in [0, 0.05) is 8.95 Å². The Hall–Kier alpha value is 0.701. The summed E-state index contributed by atoms with van der Waals surface area (Å²) in [6.07, 6.45) is 0. The molecule has 6 nitrogen and oxygen atoms in total. The molecule has 0 bridgehead atoms. The SMILES string of the molecule is O=S(=O)([O-])c1ccc(Br)cc1.O=S(=O)([O-])c1ccc(Br)cc1.[Sr+2]. The van der Waals surface area contributed by atoms with Crippen LogP contribution in [0, 0.1) is 0 Å². The minimum atomic E-state index is -4.29. The van der Waals surface area contributed by atoms with Crippen LogP contribution >= 0.6 is 31.9 Å². The maximum Gasteiger partial charge on any atom is 2.00 e. The zero-order valence-corrected chi connectivity index (χ0v) is 19.6. The van der Waals surface area contributed by atoms with Gasteiger partial charge >= 0.3 is 45.5 Å². The van der Waals surface area contributed by atoms with Gasteiger partial charge in [-0.3, -0.25) is 0 Å². The number of halogens is 2. The molecule has 0 atom stereocenters. The van der Waals surface area contributed by atoms with Crippen molar-refractivity contribution in [1.29, 1.82) is 0 Å². The monoisotopic (exact) mass is 558 g/mol. The fraction of sp³-hybridized carbons (Fsp3) is 0. The molecule has 0 aliphatic carbocycles. The second-order valence-electron chi connectivity index (χ2n) is 3.82. The first-order valence-electron chi connectivity index (χ1n) is 5.43. The van der Waals surface area contributed by atoms with Crippen LogP contribution in [0.3, 0.4) is 0 Å². The molecule has 0 unspecified atom stereocenters. The zero-order chi connectivity index (χ0) is 17.0. The van der Waals surface area contributed by atoms with Crippen molar-refractivity contribution in [1.82, 2.24) is 0 Å². The summed E-state index contributed by atoms with van der Waals surface area (Å²) in [5, 5.41) is 0. The zero-order valence-electron chi connectivity index (χ0n) is 11.3. The molecule has 11 heteroatoms. The fourth-order valence-corrected chi connectivity index (χ4v) is 2.67. The Morgan fingerprint density at radius 1 is 0.609 bits per heavy atom. The smallest absolute Gasteiger partial charge is 0.744 e. The van der Waals surface area contributed by atoms with Crippen LogP contribution in [-0.4, -0.2) is 71.4 Å². The van der Waals surface area contributed by atoms with Gasteiger partial charge in [0.25, 0.3) is 0 Å². The molecule has 120 valence electrons. The van der Waals surface area contributed by atoms with E-state index in [4.69, 9.17) is 0 Å². The molecule has 0 amide bonds. The fourth-order valence-electron chi connectivity index (χ4n) is 1.20. The summed E-state index contributed by atoms with van der Waals surface area (Å²) < 4.78 is 63.7. The van der Waals surface area contributed by atoms with Gasteiger partial charge in [-0.05, 0) is 48.5 Å². The first-order chi connectivity index (χ1) is 10.00. The first kappa shape index (κ1) is 23.7. The predicted molar refractivity (Wildman–Crippen MR) is 90.0 cm³/mol. The van der Waals surface area contributed by atoms with Crippen molar-refractivity contribution in [2.45, 2.75) is 9.79 Å². The number of rotatable bonds is 2. The molecule has 0 aliphatic heterocycles. The Kier molecular flexibility index (Phi) is 10.3. The van der Waals surface area contributed by atoms with Gasteiger partial charge < -0.3 is 9.11 Å². The van der Waals surface area contributed by atoms with Crippen LogP contribution in [0.5, 0.6) is 0 Å². The molecule has 0 saturated heterocycles. The van der Waals surface area contributed by atoms with E-state index in [1.807, 2.05) is 0 Å². The van der Waals surface area contributed by atoms with E-state index in [2.05, 4.69) is 31.9 Å². The second-order valence-corrected chi connectivity index (χ2v) is 8.41. The van der Waals surface area contributed by atoms with E-state index < -0.39 is 20.2 Å². The molecule has 0 saturated carbocycles. The Morgan fingerprint density at radius 2 is 0.826 bits per heavy atom. The third kappa shape index (κ3) is 9.10. The molecule has 0 fully saturated rings. The molecule has 2 rings (SSSR count). The number of hydrogen-bond donors (Lipinski definition) is 0. The van der Waals surface area contributed by atoms with Crippen molar-refractivity contribution in [3.05, 3.63) is 57.5 Å². The van der Waals surface area contributed by atoms with E-state index in [1.54, 1.807) is 0 Å². The van der Waals surface area contributed by atoms with Crippen molar-refractivity contribution >= 4 is 97.6 Å². The average Bonchev–Trinajstić information content (AvgIpc) is 2.38. The van der Waals surface area contributed by atoms with Crippen molar-refractivity contribution in [3.8, 4) is 0 Å². The third-order valence-corrected chi connectivity index (χ3v) is 4.96. The Balaban J connectivity index is 0.000000403. The molecular weight excluding hydrogens is 552 g/mol. The van der Waals surface area contributed by atoms with E-state index in [0.29, 0.717) is 0 Å². The molecular formula is C12H8Br2O6S2Sr. The number of hydrogen-bond acceptors (Lipinski definition) is 6. The van der Waals surface area contributed by atoms with Crippen molar-refractivity contribution in [3.63, 3.8) is 0 Å². The predicted octanol–water partition coefficient (Wildman–Crippen LogP) is 2.33. The minimum absolute atomic E-state index is 0. The maximum absolute atomic E-state index is 10.4. The van der Waals surface area contributed by atoms with E-state index in [-0.39, 0.29) is 55.3 Å². The molecule has 0 radical (unpaired) electrons. The van der Waals surface area contributed by atoms with E-state index in [0.717, 1.165) is 8.95 Å². The quantitative estimate of drug-likeness (QED) is 0.412. The Labute approximate surface area is 188 Å². The summed E-state index contributed by atoms with van der Waals surface area (Å²) in [4.78, 5) is -0.415. The van der Waals surface area contributed by atoms with Gasteiger partial charge in [0.15, 0.2) is 0 Å². The van der Waals surface area contributed by atoms with Crippen molar-refractivity contribution in [2.24, 2.45) is 0 Å². The van der Waals surface area contributed by atoms with Gasteiger partial charge in [-0.1, -0.05) is 31.9 Å². The summed E-state index contributed by atoms with van der Waals surface area (Å²) in [6.45, 7) is 0. The minimum Gasteiger partial charge on any atom is -0.744 e. The van der Waals surface area contributed by atoms with Crippen LogP contribution in [0.1, 0.15) is 0 Å². The van der Waals surface area contributed by atoms with Crippen LogP contribution in [0.15, 0.2) is 67.3 Å². The summed E-state index contributed by atoms with van der Waals surface area (Å²) >= 11 is 6.23. The molecule has 0 aromatic heterocycles. The molecule has 0 heterocycles. The van der Waals surface area contributed by atoms with Gasteiger partial charge in [-0.15, -0.1) is 0 Å². The van der Waals surface area contributed by atoms with E-state index >= 15 is 0 Å². The summed E-state index contributed by atoms with van der Waals surface area (Å²) in [5.74, 6) is 0. The summed E-state index contributed by atoms with van der Waals surface area (Å²) in [6, 6.07) is 11.0. The Bertz CT molecular complexity index is 761. The van der Waals surface area contributed by atoms with Gasteiger partial charge in [0.05, 0.1) is 9.79 Å².